The van der Waals surface area contributed by atoms with Gasteiger partial charge in [0.2, 0.25) is 0 Å². The summed E-state index contributed by atoms with van der Waals surface area (Å²) in [5.74, 6) is -0.490. The molecule has 2 fully saturated rings. The summed E-state index contributed by atoms with van der Waals surface area (Å²) in [6.07, 6.45) is 0.678. The zero-order chi connectivity index (χ0) is 12.7. The highest BCUT2D eigenvalue weighted by molar-refractivity contribution is 7.91. The van der Waals surface area contributed by atoms with E-state index in [1.54, 1.807) is 0 Å². The zero-order valence-corrected chi connectivity index (χ0v) is 10.6. The lowest BCUT2D eigenvalue weighted by Gasteiger charge is -2.49. The summed E-state index contributed by atoms with van der Waals surface area (Å²) in [5.41, 5.74) is -0.440. The number of hydrogen-bond acceptors (Lipinski definition) is 5. The van der Waals surface area contributed by atoms with Gasteiger partial charge in [-0.25, -0.2) is 13.2 Å². The molecule has 17 heavy (non-hydrogen) atoms. The fourth-order valence-corrected chi connectivity index (χ4v) is 4.22. The van der Waals surface area contributed by atoms with Crippen molar-refractivity contribution in [2.24, 2.45) is 0 Å². The first kappa shape index (κ1) is 12.8. The maximum absolute atomic E-state index is 11.3. The summed E-state index contributed by atoms with van der Waals surface area (Å²) in [6, 6.07) is 0.0847. The van der Waals surface area contributed by atoms with Crippen LogP contribution in [0.2, 0.25) is 0 Å². The lowest BCUT2D eigenvalue weighted by molar-refractivity contribution is -0.168. The van der Waals surface area contributed by atoms with Crippen molar-refractivity contribution in [3.05, 3.63) is 0 Å². The van der Waals surface area contributed by atoms with E-state index < -0.39 is 21.4 Å². The predicted octanol–water partition coefficient (Wildman–Crippen LogP) is -0.651. The van der Waals surface area contributed by atoms with Gasteiger partial charge in [0.25, 0.3) is 0 Å². The molecule has 2 heterocycles. The molecule has 1 N–H and O–H groups in total. The van der Waals surface area contributed by atoms with Gasteiger partial charge in [-0.15, -0.1) is 0 Å². The first-order valence-corrected chi connectivity index (χ1v) is 7.42. The molecule has 0 aliphatic carbocycles. The Balaban J connectivity index is 1.80. The van der Waals surface area contributed by atoms with Crippen LogP contribution in [0, 0.1) is 0 Å². The molecule has 7 heteroatoms. The van der Waals surface area contributed by atoms with E-state index >= 15 is 0 Å². The van der Waals surface area contributed by atoms with Crippen molar-refractivity contribution in [3.8, 4) is 0 Å². The number of sulfone groups is 1. The van der Waals surface area contributed by atoms with Crippen molar-refractivity contribution in [3.63, 3.8) is 0 Å². The van der Waals surface area contributed by atoms with E-state index in [9.17, 15) is 13.2 Å². The Labute approximate surface area is 100 Å². The van der Waals surface area contributed by atoms with Crippen LogP contribution < -0.4 is 0 Å². The molecule has 0 saturated carbocycles. The third kappa shape index (κ3) is 2.97. The Morgan fingerprint density at radius 3 is 2.65 bits per heavy atom. The molecular weight excluding hydrogens is 246 g/mol. The molecule has 98 valence electrons. The topological polar surface area (TPSA) is 83.9 Å². The lowest BCUT2D eigenvalue weighted by atomic mass is 9.94. The molecular formula is C10H17NO5S. The van der Waals surface area contributed by atoms with Gasteiger partial charge in [-0.3, -0.25) is 4.90 Å². The fraction of sp³-hybridized carbons (Fsp3) is 0.900. The number of aliphatic carboxylic acids is 1. The second kappa shape index (κ2) is 4.22. The van der Waals surface area contributed by atoms with Crippen LogP contribution in [0.15, 0.2) is 0 Å². The summed E-state index contributed by atoms with van der Waals surface area (Å²) in [4.78, 5) is 12.5. The monoisotopic (exact) mass is 263 g/mol. The number of rotatable bonds is 4. The first-order chi connectivity index (χ1) is 7.80. The number of carbonyl (C=O) groups is 1. The largest absolute Gasteiger partial charge is 0.480 e. The van der Waals surface area contributed by atoms with Crippen LogP contribution in [0.5, 0.6) is 0 Å². The molecule has 0 aromatic rings. The van der Waals surface area contributed by atoms with Crippen LogP contribution in [-0.2, 0) is 19.4 Å². The van der Waals surface area contributed by atoms with E-state index in [4.69, 9.17) is 9.84 Å². The maximum atomic E-state index is 11.3. The second-order valence-electron chi connectivity index (χ2n) is 5.09. The van der Waals surface area contributed by atoms with Crippen LogP contribution in [0.3, 0.4) is 0 Å². The normalized spacial score (nSPS) is 31.0. The quantitative estimate of drug-likeness (QED) is 0.725. The smallest absolute Gasteiger partial charge is 0.329 e. The molecule has 0 aromatic carbocycles. The number of carboxylic acid groups (broad SMARTS) is 1. The average molecular weight is 263 g/mol. The minimum absolute atomic E-state index is 0.0847. The van der Waals surface area contributed by atoms with Crippen LogP contribution in [0.1, 0.15) is 13.3 Å². The molecule has 2 saturated heterocycles. The summed E-state index contributed by atoms with van der Waals surface area (Å²) in [6.45, 7) is 2.78. The second-order valence-corrected chi connectivity index (χ2v) is 7.32. The molecule has 0 radical (unpaired) electrons. The van der Waals surface area contributed by atoms with Gasteiger partial charge in [0.1, 0.15) is 6.61 Å². The number of likely N-dealkylation sites (tertiary alicyclic amines) is 1. The van der Waals surface area contributed by atoms with Crippen molar-refractivity contribution in [2.75, 3.05) is 31.2 Å². The highest BCUT2D eigenvalue weighted by Crippen LogP contribution is 2.30. The summed E-state index contributed by atoms with van der Waals surface area (Å²) in [7, 11) is -2.86. The Bertz CT molecular complexity index is 412. The minimum Gasteiger partial charge on any atom is -0.480 e. The molecule has 2 aliphatic rings. The van der Waals surface area contributed by atoms with Crippen molar-refractivity contribution in [2.45, 2.75) is 25.0 Å². The van der Waals surface area contributed by atoms with Gasteiger partial charge in [-0.2, -0.15) is 0 Å². The van der Waals surface area contributed by atoms with E-state index in [1.807, 2.05) is 6.92 Å². The summed E-state index contributed by atoms with van der Waals surface area (Å²) in [5, 5.41) is 8.52. The van der Waals surface area contributed by atoms with Crippen LogP contribution in [-0.4, -0.2) is 67.2 Å². The number of hydrogen-bond donors (Lipinski definition) is 1. The summed E-state index contributed by atoms with van der Waals surface area (Å²) < 4.78 is 27.9. The zero-order valence-electron chi connectivity index (χ0n) is 9.76. The van der Waals surface area contributed by atoms with Crippen LogP contribution in [0.25, 0.3) is 0 Å². The van der Waals surface area contributed by atoms with Crippen LogP contribution >= 0.6 is 0 Å². The van der Waals surface area contributed by atoms with Gasteiger partial charge >= 0.3 is 5.97 Å². The standard InChI is InChI=1S/C10H17NO5S/c1-10(16-4-9(12)13)6-11(7-10)8-2-3-17(14,15)5-8/h8H,2-7H2,1H3,(H,12,13). The third-order valence-corrected chi connectivity index (χ3v) is 5.09. The summed E-state index contributed by atoms with van der Waals surface area (Å²) >= 11 is 0. The molecule has 2 aliphatic heterocycles. The van der Waals surface area contributed by atoms with Crippen molar-refractivity contribution < 1.29 is 23.1 Å². The maximum Gasteiger partial charge on any atom is 0.329 e. The minimum atomic E-state index is -2.86. The fourth-order valence-electron chi connectivity index (χ4n) is 2.46. The highest BCUT2D eigenvalue weighted by atomic mass is 32.2. The van der Waals surface area contributed by atoms with E-state index in [0.717, 1.165) is 0 Å². The number of nitrogens with zero attached hydrogens (tertiary/aromatic N) is 1. The van der Waals surface area contributed by atoms with Gasteiger partial charge in [-0.1, -0.05) is 0 Å². The van der Waals surface area contributed by atoms with Crippen molar-refractivity contribution in [1.82, 2.24) is 4.90 Å². The van der Waals surface area contributed by atoms with Crippen molar-refractivity contribution >= 4 is 15.8 Å². The molecule has 0 amide bonds. The number of ether oxygens (including phenoxy) is 1. The van der Waals surface area contributed by atoms with E-state index in [0.29, 0.717) is 19.5 Å². The van der Waals surface area contributed by atoms with E-state index in [2.05, 4.69) is 4.90 Å². The van der Waals surface area contributed by atoms with Crippen LogP contribution in [0.4, 0.5) is 0 Å². The van der Waals surface area contributed by atoms with Gasteiger partial charge in [0.15, 0.2) is 9.84 Å². The molecule has 1 unspecified atom stereocenters. The van der Waals surface area contributed by atoms with Gasteiger partial charge in [0.05, 0.1) is 17.1 Å². The van der Waals surface area contributed by atoms with Gasteiger partial charge in [-0.05, 0) is 13.3 Å². The van der Waals surface area contributed by atoms with Gasteiger partial charge < -0.3 is 9.84 Å². The Hall–Kier alpha value is -0.660. The average Bonchev–Trinajstić information content (AvgIpc) is 2.51. The predicted molar refractivity (Wildman–Crippen MR) is 60.6 cm³/mol. The van der Waals surface area contributed by atoms with Gasteiger partial charge in [0, 0.05) is 19.1 Å². The van der Waals surface area contributed by atoms with E-state index in [1.165, 1.54) is 0 Å². The lowest BCUT2D eigenvalue weighted by Crippen LogP contribution is -2.64. The Morgan fingerprint density at radius 1 is 1.53 bits per heavy atom. The SMILES string of the molecule is CC1(OCC(=O)O)CN(C2CCS(=O)(=O)C2)C1. The Kier molecular flexibility index (Phi) is 3.17. The molecule has 2 rings (SSSR count). The Morgan fingerprint density at radius 2 is 2.18 bits per heavy atom. The molecule has 0 aromatic heterocycles. The molecule has 6 nitrogen and oxygen atoms in total. The molecule has 0 spiro atoms. The van der Waals surface area contributed by atoms with Crippen molar-refractivity contribution in [1.29, 1.82) is 0 Å². The molecule has 0 bridgehead atoms. The highest BCUT2D eigenvalue weighted by Gasteiger charge is 2.45. The number of carboxylic acids is 1. The third-order valence-electron chi connectivity index (χ3n) is 3.34. The molecule has 1 atom stereocenters. The first-order valence-electron chi connectivity index (χ1n) is 5.60. The van der Waals surface area contributed by atoms with E-state index in [-0.39, 0.29) is 24.2 Å².